The summed E-state index contributed by atoms with van der Waals surface area (Å²) in [5.41, 5.74) is 15.0. The van der Waals surface area contributed by atoms with E-state index in [0.717, 1.165) is 11.1 Å². The third-order valence-electron chi connectivity index (χ3n) is 9.14. The van der Waals surface area contributed by atoms with Crippen LogP contribution < -0.4 is 0 Å². The van der Waals surface area contributed by atoms with Gasteiger partial charge in [-0.2, -0.15) is 5.26 Å². The summed E-state index contributed by atoms with van der Waals surface area (Å²) >= 11 is 0. The standard InChI is InChI=1S/C47H31N/c48-32-33-15-17-36(18-16-33)37-19-23-39(24-20-37)44-27-28-45(47-14-8-7-13-46(44)47)40-25-21-38(22-26-40)43-30-41(34-9-3-1-4-10-34)29-42(31-43)35-11-5-2-6-12-35/h1-31H. The molecule has 0 saturated heterocycles. The Morgan fingerprint density at radius 3 is 0.979 bits per heavy atom. The molecular weight excluding hydrogens is 579 g/mol. The first-order valence-corrected chi connectivity index (χ1v) is 16.2. The SMILES string of the molecule is N#Cc1ccc(-c2ccc(-c3ccc(-c4ccc(-c5cc(-c6ccccc6)cc(-c6ccccc6)c5)cc4)c4ccccc34)cc2)cc1. The van der Waals surface area contributed by atoms with Crippen molar-refractivity contribution in [2.75, 3.05) is 0 Å². The van der Waals surface area contributed by atoms with Gasteiger partial charge in [0.05, 0.1) is 11.6 Å². The van der Waals surface area contributed by atoms with E-state index in [1.165, 1.54) is 66.4 Å². The van der Waals surface area contributed by atoms with Crippen molar-refractivity contribution < 1.29 is 0 Å². The predicted molar refractivity (Wildman–Crippen MR) is 201 cm³/mol. The average molecular weight is 610 g/mol. The van der Waals surface area contributed by atoms with Crippen LogP contribution in [0.15, 0.2) is 188 Å². The molecule has 8 aromatic rings. The Morgan fingerprint density at radius 2 is 0.583 bits per heavy atom. The maximum absolute atomic E-state index is 9.14. The van der Waals surface area contributed by atoms with Crippen molar-refractivity contribution in [3.63, 3.8) is 0 Å². The van der Waals surface area contributed by atoms with Gasteiger partial charge in [0.2, 0.25) is 0 Å². The first-order valence-electron chi connectivity index (χ1n) is 16.2. The van der Waals surface area contributed by atoms with Crippen LogP contribution in [0.3, 0.4) is 0 Å². The van der Waals surface area contributed by atoms with Crippen molar-refractivity contribution in [3.8, 4) is 72.8 Å². The Kier molecular flexibility index (Phi) is 7.67. The fourth-order valence-corrected chi connectivity index (χ4v) is 6.61. The van der Waals surface area contributed by atoms with E-state index in [0.29, 0.717) is 5.56 Å². The summed E-state index contributed by atoms with van der Waals surface area (Å²) in [4.78, 5) is 0. The van der Waals surface area contributed by atoms with E-state index in [-0.39, 0.29) is 0 Å². The van der Waals surface area contributed by atoms with E-state index in [4.69, 9.17) is 5.26 Å². The molecule has 0 atom stereocenters. The van der Waals surface area contributed by atoms with Gasteiger partial charge in [0, 0.05) is 0 Å². The van der Waals surface area contributed by atoms with Crippen molar-refractivity contribution >= 4 is 10.8 Å². The minimum absolute atomic E-state index is 0.672. The molecular formula is C47H31N. The smallest absolute Gasteiger partial charge is 0.0991 e. The highest BCUT2D eigenvalue weighted by molar-refractivity contribution is 6.05. The number of nitriles is 1. The molecule has 0 spiro atoms. The predicted octanol–water partition coefficient (Wildman–Crippen LogP) is 12.7. The van der Waals surface area contributed by atoms with Gasteiger partial charge in [0.25, 0.3) is 0 Å². The number of fused-ring (bicyclic) bond motifs is 1. The number of rotatable bonds is 6. The Hall–Kier alpha value is -6.49. The summed E-state index contributed by atoms with van der Waals surface area (Å²) in [7, 11) is 0. The van der Waals surface area contributed by atoms with Crippen molar-refractivity contribution in [1.29, 1.82) is 5.26 Å². The first-order chi connectivity index (χ1) is 23.7. The Bertz CT molecular complexity index is 2340. The third-order valence-corrected chi connectivity index (χ3v) is 9.14. The van der Waals surface area contributed by atoms with Crippen molar-refractivity contribution in [3.05, 3.63) is 194 Å². The molecule has 0 radical (unpaired) electrons. The van der Waals surface area contributed by atoms with Gasteiger partial charge in [-0.05, 0) is 108 Å². The van der Waals surface area contributed by atoms with Gasteiger partial charge in [-0.1, -0.05) is 158 Å². The average Bonchev–Trinajstić information content (AvgIpc) is 3.18. The van der Waals surface area contributed by atoms with Crippen molar-refractivity contribution in [1.82, 2.24) is 0 Å². The molecule has 48 heavy (non-hydrogen) atoms. The molecule has 0 heterocycles. The molecule has 224 valence electrons. The molecule has 1 nitrogen and oxygen atoms in total. The molecule has 0 fully saturated rings. The summed E-state index contributed by atoms with van der Waals surface area (Å²) < 4.78 is 0. The number of hydrogen-bond acceptors (Lipinski definition) is 1. The minimum Gasteiger partial charge on any atom is -0.192 e. The summed E-state index contributed by atoms with van der Waals surface area (Å²) in [5, 5.41) is 11.6. The van der Waals surface area contributed by atoms with Gasteiger partial charge < -0.3 is 0 Å². The van der Waals surface area contributed by atoms with Crippen LogP contribution in [0, 0.1) is 11.3 Å². The van der Waals surface area contributed by atoms with Crippen molar-refractivity contribution in [2.45, 2.75) is 0 Å². The minimum atomic E-state index is 0.672. The van der Waals surface area contributed by atoms with E-state index < -0.39 is 0 Å². The molecule has 8 rings (SSSR count). The molecule has 0 amide bonds. The van der Waals surface area contributed by atoms with E-state index in [2.05, 4.69) is 170 Å². The molecule has 8 aromatic carbocycles. The van der Waals surface area contributed by atoms with Gasteiger partial charge in [-0.25, -0.2) is 0 Å². The highest BCUT2D eigenvalue weighted by Crippen LogP contribution is 2.38. The van der Waals surface area contributed by atoms with Crippen LogP contribution in [0.2, 0.25) is 0 Å². The highest BCUT2D eigenvalue weighted by atomic mass is 14.2. The summed E-state index contributed by atoms with van der Waals surface area (Å²) in [5.74, 6) is 0. The lowest BCUT2D eigenvalue weighted by Crippen LogP contribution is -1.88. The molecule has 0 bridgehead atoms. The second-order valence-corrected chi connectivity index (χ2v) is 12.1. The fraction of sp³-hybridized carbons (Fsp3) is 0. The van der Waals surface area contributed by atoms with Crippen molar-refractivity contribution in [2.24, 2.45) is 0 Å². The number of benzene rings is 8. The lowest BCUT2D eigenvalue weighted by Gasteiger charge is -2.14. The zero-order valence-corrected chi connectivity index (χ0v) is 26.3. The Morgan fingerprint density at radius 1 is 0.271 bits per heavy atom. The molecule has 1 heteroatoms. The van der Waals surface area contributed by atoms with E-state index in [1.54, 1.807) is 0 Å². The fourth-order valence-electron chi connectivity index (χ4n) is 6.61. The zero-order chi connectivity index (χ0) is 32.3. The van der Waals surface area contributed by atoms with Crippen LogP contribution in [0.5, 0.6) is 0 Å². The molecule has 0 N–H and O–H groups in total. The largest absolute Gasteiger partial charge is 0.192 e. The lowest BCUT2D eigenvalue weighted by atomic mass is 9.90. The second kappa shape index (κ2) is 12.7. The Balaban J connectivity index is 1.14. The van der Waals surface area contributed by atoms with Gasteiger partial charge >= 0.3 is 0 Å². The van der Waals surface area contributed by atoms with Crippen LogP contribution in [-0.4, -0.2) is 0 Å². The maximum atomic E-state index is 9.14. The highest BCUT2D eigenvalue weighted by Gasteiger charge is 2.12. The molecule has 0 aliphatic rings. The number of hydrogen-bond donors (Lipinski definition) is 0. The molecule has 0 aliphatic carbocycles. The van der Waals surface area contributed by atoms with Gasteiger partial charge in [0.15, 0.2) is 0 Å². The van der Waals surface area contributed by atoms with E-state index >= 15 is 0 Å². The van der Waals surface area contributed by atoms with Crippen LogP contribution in [0.25, 0.3) is 77.5 Å². The Labute approximate surface area is 281 Å². The lowest BCUT2D eigenvalue weighted by molar-refractivity contribution is 1.48. The zero-order valence-electron chi connectivity index (χ0n) is 26.3. The third kappa shape index (κ3) is 5.69. The van der Waals surface area contributed by atoms with Crippen LogP contribution >= 0.6 is 0 Å². The normalized spacial score (nSPS) is 10.9. The van der Waals surface area contributed by atoms with Gasteiger partial charge in [0.1, 0.15) is 0 Å². The molecule has 0 aromatic heterocycles. The van der Waals surface area contributed by atoms with Gasteiger partial charge in [-0.3, -0.25) is 0 Å². The number of nitrogens with zero attached hydrogens (tertiary/aromatic N) is 1. The quantitative estimate of drug-likeness (QED) is 0.184. The molecule has 0 aliphatic heterocycles. The summed E-state index contributed by atoms with van der Waals surface area (Å²) in [6.07, 6.45) is 0. The van der Waals surface area contributed by atoms with Gasteiger partial charge in [-0.15, -0.1) is 0 Å². The summed E-state index contributed by atoms with van der Waals surface area (Å²) in [6, 6.07) is 68.9. The summed E-state index contributed by atoms with van der Waals surface area (Å²) in [6.45, 7) is 0. The molecule has 0 saturated carbocycles. The van der Waals surface area contributed by atoms with Crippen LogP contribution in [0.1, 0.15) is 5.56 Å². The van der Waals surface area contributed by atoms with Crippen LogP contribution in [0.4, 0.5) is 0 Å². The maximum Gasteiger partial charge on any atom is 0.0991 e. The second-order valence-electron chi connectivity index (χ2n) is 12.1. The van der Waals surface area contributed by atoms with Crippen LogP contribution in [-0.2, 0) is 0 Å². The monoisotopic (exact) mass is 609 g/mol. The molecule has 0 unspecified atom stereocenters. The van der Waals surface area contributed by atoms with E-state index in [9.17, 15) is 0 Å². The van der Waals surface area contributed by atoms with E-state index in [1.807, 2.05) is 24.3 Å². The topological polar surface area (TPSA) is 23.8 Å². The first kappa shape index (κ1) is 28.9.